The maximum atomic E-state index is 15.0. The lowest BCUT2D eigenvalue weighted by Gasteiger charge is -2.28. The molecule has 0 spiro atoms. The number of hydrogen-bond acceptors (Lipinski definition) is 5. The minimum atomic E-state index is -0.971. The SMILES string of the molecule is CCOC(=O)Cc1ccc2c(c1)c(NC(=O)N1[C@@H]3C[C@@H]3C[C@H]1C(=O)N(F)Cc1cccc(Cl)c1)cn2C(N)=O. The summed E-state index contributed by atoms with van der Waals surface area (Å²) >= 11 is 5.97. The predicted octanol–water partition coefficient (Wildman–Crippen LogP) is 4.24. The van der Waals surface area contributed by atoms with Crippen molar-refractivity contribution in [3.05, 3.63) is 64.8 Å². The Morgan fingerprint density at radius 3 is 2.67 bits per heavy atom. The van der Waals surface area contributed by atoms with E-state index in [2.05, 4.69) is 5.32 Å². The zero-order chi connectivity index (χ0) is 27.8. The van der Waals surface area contributed by atoms with E-state index < -0.39 is 30.0 Å². The van der Waals surface area contributed by atoms with Gasteiger partial charge in [-0.05, 0) is 61.1 Å². The highest BCUT2D eigenvalue weighted by atomic mass is 35.5. The summed E-state index contributed by atoms with van der Waals surface area (Å²) in [5.41, 5.74) is 7.37. The van der Waals surface area contributed by atoms with Gasteiger partial charge in [0.05, 0.1) is 30.8 Å². The number of amides is 4. The first kappa shape index (κ1) is 26.5. The Labute approximate surface area is 228 Å². The van der Waals surface area contributed by atoms with Crippen LogP contribution in [0.25, 0.3) is 10.9 Å². The van der Waals surface area contributed by atoms with Crippen molar-refractivity contribution in [3.63, 3.8) is 0 Å². The van der Waals surface area contributed by atoms with Crippen LogP contribution in [0.3, 0.4) is 0 Å². The van der Waals surface area contributed by atoms with Gasteiger partial charge >= 0.3 is 18.0 Å². The number of benzene rings is 2. The van der Waals surface area contributed by atoms with Gasteiger partial charge in [-0.2, -0.15) is 5.12 Å². The molecule has 12 heteroatoms. The van der Waals surface area contributed by atoms with Crippen molar-refractivity contribution in [2.45, 2.75) is 44.8 Å². The van der Waals surface area contributed by atoms with Gasteiger partial charge in [-0.1, -0.05) is 34.3 Å². The fourth-order valence-electron chi connectivity index (χ4n) is 5.23. The van der Waals surface area contributed by atoms with Gasteiger partial charge in [-0.25, -0.2) is 9.59 Å². The van der Waals surface area contributed by atoms with Gasteiger partial charge in [0.15, 0.2) is 0 Å². The molecule has 1 aliphatic carbocycles. The summed E-state index contributed by atoms with van der Waals surface area (Å²) in [4.78, 5) is 51.9. The van der Waals surface area contributed by atoms with Crippen LogP contribution in [-0.4, -0.2) is 57.2 Å². The fraction of sp³-hybridized carbons (Fsp3) is 0.333. The van der Waals surface area contributed by atoms with E-state index in [1.54, 1.807) is 49.4 Å². The molecule has 39 heavy (non-hydrogen) atoms. The largest absolute Gasteiger partial charge is 0.466 e. The first-order valence-electron chi connectivity index (χ1n) is 12.6. The van der Waals surface area contributed by atoms with Crippen molar-refractivity contribution >= 4 is 52.1 Å². The maximum Gasteiger partial charge on any atom is 0.323 e. The second-order valence-corrected chi connectivity index (χ2v) is 10.2. The predicted molar refractivity (Wildman–Crippen MR) is 142 cm³/mol. The molecule has 1 saturated carbocycles. The highest BCUT2D eigenvalue weighted by molar-refractivity contribution is 6.30. The average molecular weight is 556 g/mol. The summed E-state index contributed by atoms with van der Waals surface area (Å²) in [6.45, 7) is 1.66. The smallest absolute Gasteiger partial charge is 0.323 e. The standard InChI is InChI=1S/C27H27ClFN5O5/c1-2-39-24(35)10-15-6-7-21-19(9-15)20(14-32(21)26(30)37)31-27(38)34-22-11-17(22)12-23(34)25(36)33(29)13-16-4-3-5-18(28)8-16/h3-9,14,17,22-23H,2,10-13H2,1H3,(H2,30,37)(H,31,38)/t17-,22-,23+/m1/s1. The van der Waals surface area contributed by atoms with Gasteiger partial charge < -0.3 is 20.7 Å². The number of carbonyl (C=O) groups is 4. The molecule has 4 amide bonds. The molecule has 2 heterocycles. The Bertz CT molecular complexity index is 1480. The van der Waals surface area contributed by atoms with E-state index in [0.29, 0.717) is 33.5 Å². The second kappa shape index (κ2) is 10.6. The maximum absolute atomic E-state index is 15.0. The first-order chi connectivity index (χ1) is 18.7. The minimum absolute atomic E-state index is 0.00430. The number of likely N-dealkylation sites (tertiary alicyclic amines) is 1. The number of aromatic nitrogens is 1. The van der Waals surface area contributed by atoms with Crippen molar-refractivity contribution in [2.24, 2.45) is 11.7 Å². The molecule has 0 unspecified atom stereocenters. The summed E-state index contributed by atoms with van der Waals surface area (Å²) in [6.07, 6.45) is 2.48. The van der Waals surface area contributed by atoms with Crippen LogP contribution in [0.15, 0.2) is 48.7 Å². The molecule has 1 aromatic heterocycles. The van der Waals surface area contributed by atoms with Crippen LogP contribution < -0.4 is 11.1 Å². The quantitative estimate of drug-likeness (QED) is 0.333. The Balaban J connectivity index is 1.37. The molecule has 1 saturated heterocycles. The van der Waals surface area contributed by atoms with Gasteiger partial charge in [0, 0.05) is 22.6 Å². The Morgan fingerprint density at radius 2 is 1.95 bits per heavy atom. The molecule has 2 fully saturated rings. The van der Waals surface area contributed by atoms with Gasteiger partial charge in [0.1, 0.15) is 6.04 Å². The van der Waals surface area contributed by atoms with E-state index >= 15 is 0 Å². The van der Waals surface area contributed by atoms with Crippen molar-refractivity contribution in [1.29, 1.82) is 0 Å². The van der Waals surface area contributed by atoms with Gasteiger partial charge in [0.2, 0.25) is 0 Å². The molecule has 3 atom stereocenters. The summed E-state index contributed by atoms with van der Waals surface area (Å²) in [5, 5.41) is 3.80. The third kappa shape index (κ3) is 5.40. The van der Waals surface area contributed by atoms with Crippen LogP contribution in [-0.2, 0) is 27.3 Å². The van der Waals surface area contributed by atoms with Crippen LogP contribution in [0.5, 0.6) is 0 Å². The van der Waals surface area contributed by atoms with Crippen molar-refractivity contribution in [2.75, 3.05) is 11.9 Å². The van der Waals surface area contributed by atoms with Crippen LogP contribution >= 0.6 is 11.6 Å². The molecule has 10 nitrogen and oxygen atoms in total. The number of rotatable bonds is 7. The topological polar surface area (TPSA) is 127 Å². The number of ether oxygens (including phenoxy) is 1. The molecule has 0 bridgehead atoms. The number of fused-ring (bicyclic) bond motifs is 2. The monoisotopic (exact) mass is 555 g/mol. The molecule has 3 aromatic rings. The van der Waals surface area contributed by atoms with Crippen molar-refractivity contribution < 1.29 is 28.4 Å². The molecule has 3 N–H and O–H groups in total. The zero-order valence-corrected chi connectivity index (χ0v) is 21.9. The van der Waals surface area contributed by atoms with Gasteiger partial charge in [-0.3, -0.25) is 14.2 Å². The van der Waals surface area contributed by atoms with E-state index in [9.17, 15) is 23.7 Å². The number of primary amides is 1. The fourth-order valence-corrected chi connectivity index (χ4v) is 5.44. The summed E-state index contributed by atoms with van der Waals surface area (Å²) in [7, 11) is 0. The number of carbonyl (C=O) groups excluding carboxylic acids is 4. The van der Waals surface area contributed by atoms with E-state index in [1.807, 2.05) is 0 Å². The molecule has 2 aromatic carbocycles. The van der Waals surface area contributed by atoms with Crippen LogP contribution in [0.4, 0.5) is 19.8 Å². The summed E-state index contributed by atoms with van der Waals surface area (Å²) in [6, 6.07) is 9.02. The normalized spacial score (nSPS) is 19.5. The van der Waals surface area contributed by atoms with E-state index in [-0.39, 0.29) is 42.3 Å². The second-order valence-electron chi connectivity index (χ2n) is 9.72. The molecular weight excluding hydrogens is 529 g/mol. The Morgan fingerprint density at radius 1 is 1.15 bits per heavy atom. The van der Waals surface area contributed by atoms with Crippen LogP contribution in [0, 0.1) is 5.92 Å². The Hall–Kier alpha value is -4.12. The molecule has 204 valence electrons. The first-order valence-corrected chi connectivity index (χ1v) is 12.9. The number of hydrogen-bond donors (Lipinski definition) is 2. The van der Waals surface area contributed by atoms with Gasteiger partial charge in [0.25, 0.3) is 5.91 Å². The number of anilines is 1. The average Bonchev–Trinajstić information content (AvgIpc) is 3.39. The lowest BCUT2D eigenvalue weighted by Crippen LogP contribution is -2.48. The molecule has 2 aliphatic rings. The van der Waals surface area contributed by atoms with E-state index in [4.69, 9.17) is 22.1 Å². The molecule has 0 radical (unpaired) electrons. The number of esters is 1. The third-order valence-corrected chi connectivity index (χ3v) is 7.31. The zero-order valence-electron chi connectivity index (χ0n) is 21.1. The number of nitrogens with two attached hydrogens (primary N) is 1. The lowest BCUT2D eigenvalue weighted by atomic mass is 10.1. The van der Waals surface area contributed by atoms with Crippen LogP contribution in [0.2, 0.25) is 5.02 Å². The minimum Gasteiger partial charge on any atom is -0.466 e. The van der Waals surface area contributed by atoms with Crippen molar-refractivity contribution in [3.8, 4) is 0 Å². The van der Waals surface area contributed by atoms with Crippen molar-refractivity contribution in [1.82, 2.24) is 14.6 Å². The highest BCUT2D eigenvalue weighted by Crippen LogP contribution is 2.48. The van der Waals surface area contributed by atoms with Gasteiger partial charge in [-0.15, -0.1) is 0 Å². The molecule has 5 rings (SSSR count). The number of piperidine rings is 1. The summed E-state index contributed by atoms with van der Waals surface area (Å²) in [5.74, 6) is -1.11. The number of halogens is 2. The lowest BCUT2D eigenvalue weighted by molar-refractivity contribution is -0.152. The Kier molecular flexibility index (Phi) is 7.17. The highest BCUT2D eigenvalue weighted by Gasteiger charge is 2.57. The molecule has 1 aliphatic heterocycles. The number of urea groups is 1. The molecular formula is C27H27ClFN5O5. The third-order valence-electron chi connectivity index (χ3n) is 7.08. The van der Waals surface area contributed by atoms with E-state index in [0.717, 1.165) is 6.42 Å². The summed E-state index contributed by atoms with van der Waals surface area (Å²) < 4.78 is 21.2. The number of nitrogens with zero attached hydrogens (tertiary/aromatic N) is 3. The van der Waals surface area contributed by atoms with E-state index in [1.165, 1.54) is 15.7 Å². The van der Waals surface area contributed by atoms with Crippen LogP contribution in [0.1, 0.15) is 30.9 Å². The number of nitrogens with one attached hydrogen (secondary N) is 1.